The summed E-state index contributed by atoms with van der Waals surface area (Å²) in [7, 11) is -1.34. The minimum Gasteiger partial charge on any atom is -0.493 e. The first-order valence-corrected chi connectivity index (χ1v) is 21.8. The van der Waals surface area contributed by atoms with Crippen LogP contribution in [0.2, 0.25) is 25.7 Å². The van der Waals surface area contributed by atoms with Crippen LogP contribution in [0.25, 0.3) is 22.3 Å². The molecule has 51 heavy (non-hydrogen) atoms. The molecule has 1 aromatic carbocycles. The predicted octanol–water partition coefficient (Wildman–Crippen LogP) is 7.33. The van der Waals surface area contributed by atoms with Crippen LogP contribution in [0.3, 0.4) is 0 Å². The van der Waals surface area contributed by atoms with E-state index < -0.39 is 19.5 Å². The maximum Gasteiger partial charge on any atom is 0.410 e. The number of amides is 2. The molecule has 12 nitrogen and oxygen atoms in total. The molecule has 1 saturated carbocycles. The Labute approximate surface area is 301 Å². The first kappa shape index (κ1) is 36.7. The van der Waals surface area contributed by atoms with Gasteiger partial charge in [0.25, 0.3) is 11.7 Å². The van der Waals surface area contributed by atoms with Crippen molar-refractivity contribution in [2.24, 2.45) is 5.92 Å². The Morgan fingerprint density at radius 2 is 1.76 bits per heavy atom. The lowest BCUT2D eigenvalue weighted by atomic mass is 10.00. The van der Waals surface area contributed by atoms with E-state index >= 15 is 0 Å². The Kier molecular flexibility index (Phi) is 10.4. The Hall–Kier alpha value is -4.10. The number of nitrogens with one attached hydrogen (secondary N) is 1. The summed E-state index contributed by atoms with van der Waals surface area (Å²) in [4.78, 5) is 38.1. The SMILES string of the molecule is Cc1c(C(=O)NC2CCN(C(=O)OC(C)(C)C)CC2)c2ncnc(-c3cc(C4(C)OC=CO4)ccc3OCC3CC3)c2n1COCC[Si](C)(C)C. The van der Waals surface area contributed by atoms with Gasteiger partial charge in [-0.25, -0.2) is 14.8 Å². The average Bonchev–Trinajstić information content (AvgIpc) is 3.71. The van der Waals surface area contributed by atoms with Gasteiger partial charge in [-0.05, 0) is 83.5 Å². The van der Waals surface area contributed by atoms with E-state index in [1.54, 1.807) is 17.4 Å². The summed E-state index contributed by atoms with van der Waals surface area (Å²) in [5.41, 5.74) is 4.06. The number of nitrogens with zero attached hydrogens (tertiary/aromatic N) is 4. The van der Waals surface area contributed by atoms with Gasteiger partial charge in [-0.1, -0.05) is 19.6 Å². The largest absolute Gasteiger partial charge is 0.493 e. The zero-order chi connectivity index (χ0) is 36.6. The van der Waals surface area contributed by atoms with E-state index in [0.717, 1.165) is 35.7 Å². The molecule has 3 aromatic rings. The summed E-state index contributed by atoms with van der Waals surface area (Å²) in [5, 5.41) is 3.25. The molecule has 1 aliphatic carbocycles. The fraction of sp³-hybridized carbons (Fsp3) is 0.579. The topological polar surface area (TPSA) is 126 Å². The van der Waals surface area contributed by atoms with Gasteiger partial charge in [-0.2, -0.15) is 0 Å². The molecule has 1 N–H and O–H groups in total. The molecule has 3 aliphatic rings. The number of likely N-dealkylation sites (tertiary alicyclic amines) is 1. The van der Waals surface area contributed by atoms with Crippen molar-refractivity contribution in [2.75, 3.05) is 26.3 Å². The van der Waals surface area contributed by atoms with E-state index in [1.165, 1.54) is 6.33 Å². The number of carbonyl (C=O) groups excluding carboxylic acids is 2. The van der Waals surface area contributed by atoms with E-state index in [-0.39, 0.29) is 24.8 Å². The van der Waals surface area contributed by atoms with Gasteiger partial charge in [-0.15, -0.1) is 0 Å². The lowest BCUT2D eigenvalue weighted by Crippen LogP contribution is -2.47. The van der Waals surface area contributed by atoms with Crippen molar-refractivity contribution in [1.29, 1.82) is 0 Å². The highest BCUT2D eigenvalue weighted by Gasteiger charge is 2.35. The number of ether oxygens (including phenoxy) is 5. The second-order valence-electron chi connectivity index (χ2n) is 16.3. The minimum atomic E-state index is -1.34. The van der Waals surface area contributed by atoms with Gasteiger partial charge in [0.15, 0.2) is 0 Å². The molecule has 4 heterocycles. The number of fused-ring (bicyclic) bond motifs is 1. The quantitative estimate of drug-likeness (QED) is 0.151. The molecule has 2 fully saturated rings. The molecule has 0 spiro atoms. The summed E-state index contributed by atoms with van der Waals surface area (Å²) in [6.07, 6.45) is 7.82. The van der Waals surface area contributed by atoms with Gasteiger partial charge in [-0.3, -0.25) is 4.79 Å². The summed E-state index contributed by atoms with van der Waals surface area (Å²) < 4.78 is 32.0. The van der Waals surface area contributed by atoms with Gasteiger partial charge in [0, 0.05) is 57.6 Å². The number of rotatable bonds is 12. The van der Waals surface area contributed by atoms with Crippen molar-refractivity contribution in [3.05, 3.63) is 53.9 Å². The van der Waals surface area contributed by atoms with Crippen LogP contribution in [0.4, 0.5) is 4.79 Å². The van der Waals surface area contributed by atoms with Gasteiger partial charge < -0.3 is 38.5 Å². The third kappa shape index (κ3) is 8.69. The number of aromatic nitrogens is 3. The number of carbonyl (C=O) groups is 2. The second-order valence-corrected chi connectivity index (χ2v) is 21.9. The molecule has 6 rings (SSSR count). The summed E-state index contributed by atoms with van der Waals surface area (Å²) in [6.45, 7) is 18.8. The molecule has 0 bridgehead atoms. The molecule has 276 valence electrons. The van der Waals surface area contributed by atoms with Crippen LogP contribution >= 0.6 is 0 Å². The monoisotopic (exact) mass is 719 g/mol. The molecule has 2 aromatic heterocycles. The van der Waals surface area contributed by atoms with E-state index in [0.29, 0.717) is 73.1 Å². The smallest absolute Gasteiger partial charge is 0.410 e. The van der Waals surface area contributed by atoms with Crippen LogP contribution in [-0.2, 0) is 31.5 Å². The fourth-order valence-corrected chi connectivity index (χ4v) is 7.10. The first-order valence-electron chi connectivity index (χ1n) is 18.1. The Morgan fingerprint density at radius 3 is 2.41 bits per heavy atom. The maximum absolute atomic E-state index is 14.2. The van der Waals surface area contributed by atoms with Gasteiger partial charge in [0.05, 0.1) is 17.7 Å². The Balaban J connectivity index is 1.35. The van der Waals surface area contributed by atoms with Gasteiger partial charge >= 0.3 is 6.09 Å². The zero-order valence-corrected chi connectivity index (χ0v) is 32.3. The fourth-order valence-electron chi connectivity index (χ4n) is 6.34. The summed E-state index contributed by atoms with van der Waals surface area (Å²) >= 11 is 0. The summed E-state index contributed by atoms with van der Waals surface area (Å²) in [5.74, 6) is 0.0121. The van der Waals surface area contributed by atoms with E-state index in [9.17, 15) is 9.59 Å². The molecular formula is C38H53N5O7Si. The molecule has 2 amide bonds. The molecular weight excluding hydrogens is 667 g/mol. The highest BCUT2D eigenvalue weighted by Crippen LogP contribution is 2.41. The third-order valence-electron chi connectivity index (χ3n) is 9.59. The minimum absolute atomic E-state index is 0.108. The molecule has 0 atom stereocenters. The van der Waals surface area contributed by atoms with E-state index in [1.807, 2.05) is 57.4 Å². The average molecular weight is 720 g/mol. The first-order chi connectivity index (χ1) is 24.1. The van der Waals surface area contributed by atoms with Crippen molar-refractivity contribution in [3.63, 3.8) is 0 Å². The van der Waals surface area contributed by atoms with Crippen molar-refractivity contribution in [1.82, 2.24) is 24.8 Å². The molecule has 13 heteroatoms. The van der Waals surface area contributed by atoms with Crippen molar-refractivity contribution >= 4 is 31.1 Å². The lowest BCUT2D eigenvalue weighted by molar-refractivity contribution is -0.133. The normalized spacial score (nSPS) is 17.7. The maximum atomic E-state index is 14.2. The summed E-state index contributed by atoms with van der Waals surface area (Å²) in [6, 6.07) is 6.79. The van der Waals surface area contributed by atoms with Crippen LogP contribution in [-0.4, -0.2) is 77.5 Å². The zero-order valence-electron chi connectivity index (χ0n) is 31.3. The molecule has 0 radical (unpaired) electrons. The lowest BCUT2D eigenvalue weighted by Gasteiger charge is -2.33. The van der Waals surface area contributed by atoms with Gasteiger partial charge in [0.1, 0.15) is 48.1 Å². The molecule has 2 aliphatic heterocycles. The van der Waals surface area contributed by atoms with Crippen molar-refractivity contribution < 1.29 is 33.3 Å². The van der Waals surface area contributed by atoms with Crippen molar-refractivity contribution in [3.8, 4) is 17.0 Å². The Bertz CT molecular complexity index is 1770. The Morgan fingerprint density at radius 1 is 1.06 bits per heavy atom. The third-order valence-corrected chi connectivity index (χ3v) is 11.3. The van der Waals surface area contributed by atoms with Crippen LogP contribution in [0.5, 0.6) is 5.75 Å². The molecule has 1 saturated heterocycles. The predicted molar refractivity (Wildman–Crippen MR) is 197 cm³/mol. The number of hydrogen-bond donors (Lipinski definition) is 1. The van der Waals surface area contributed by atoms with Crippen molar-refractivity contribution in [2.45, 2.75) is 110 Å². The standard InChI is InChI=1S/C38H53N5O7Si/c1-25-31(35(44)41-28-13-15-42(16-14-28)36(45)50-37(2,3)4)33-34(43(25)24-46-19-20-51(6,7)8)32(39-23-40-33)29-21-27(38(5)48-17-18-49-38)11-12-30(29)47-22-26-9-10-26/h11-12,17-18,21,23,26,28H,9-10,13-16,19-20,22,24H2,1-8H3,(H,41,44). The van der Waals surface area contributed by atoms with E-state index in [4.69, 9.17) is 33.7 Å². The van der Waals surface area contributed by atoms with Crippen LogP contribution < -0.4 is 10.1 Å². The van der Waals surface area contributed by atoms with Crippen LogP contribution in [0.15, 0.2) is 37.1 Å². The van der Waals surface area contributed by atoms with Crippen LogP contribution in [0.1, 0.15) is 75.0 Å². The van der Waals surface area contributed by atoms with E-state index in [2.05, 4.69) is 25.0 Å². The number of benzene rings is 1. The molecule has 0 unspecified atom stereocenters. The van der Waals surface area contributed by atoms with Gasteiger partial charge in [0.2, 0.25) is 0 Å². The number of piperidine rings is 1. The van der Waals surface area contributed by atoms with Crippen LogP contribution in [0, 0.1) is 12.8 Å². The highest BCUT2D eigenvalue weighted by atomic mass is 28.3. The highest BCUT2D eigenvalue weighted by molar-refractivity contribution is 6.76. The second kappa shape index (κ2) is 14.5. The number of hydrogen-bond acceptors (Lipinski definition) is 9.